The van der Waals surface area contributed by atoms with Gasteiger partial charge in [-0.05, 0) is 13.8 Å². The van der Waals surface area contributed by atoms with Crippen LogP contribution in [0.15, 0.2) is 4.42 Å². The third kappa shape index (κ3) is 1.11. The Bertz CT molecular complexity index is 209. The van der Waals surface area contributed by atoms with Crippen molar-refractivity contribution in [2.75, 3.05) is 5.73 Å². The summed E-state index contributed by atoms with van der Waals surface area (Å²) in [5.74, 6) is 0.849. The molecule has 0 unspecified atom stereocenters. The van der Waals surface area contributed by atoms with Gasteiger partial charge in [-0.15, -0.1) is 0 Å². The molecule has 56 valence electrons. The predicted octanol–water partition coefficient (Wildman–Crippen LogP) is 0.585. The molecule has 0 fully saturated rings. The minimum absolute atomic E-state index is 0.184. The van der Waals surface area contributed by atoms with Gasteiger partial charge in [-0.3, -0.25) is 0 Å². The van der Waals surface area contributed by atoms with Crippen molar-refractivity contribution in [2.24, 2.45) is 5.73 Å². The van der Waals surface area contributed by atoms with Crippen LogP contribution < -0.4 is 11.5 Å². The maximum Gasteiger partial charge on any atom is 0.214 e. The van der Waals surface area contributed by atoms with Gasteiger partial charge in [-0.2, -0.15) is 0 Å². The lowest BCUT2D eigenvalue weighted by Gasteiger charge is -1.94. The molecule has 1 rings (SSSR count). The van der Waals surface area contributed by atoms with Crippen LogP contribution in [0, 0.1) is 6.92 Å². The normalized spacial score (nSPS) is 13.5. The summed E-state index contributed by atoms with van der Waals surface area (Å²) in [6, 6.07) is -0.184. The second-order valence-corrected chi connectivity index (χ2v) is 2.29. The summed E-state index contributed by atoms with van der Waals surface area (Å²) >= 11 is 0. The summed E-state index contributed by atoms with van der Waals surface area (Å²) in [4.78, 5) is 3.99. The largest absolute Gasteiger partial charge is 0.424 e. The average Bonchev–Trinajstić information content (AvgIpc) is 2.13. The Morgan fingerprint density at radius 1 is 1.60 bits per heavy atom. The van der Waals surface area contributed by atoms with E-state index in [2.05, 4.69) is 4.98 Å². The Kier molecular flexibility index (Phi) is 1.63. The van der Waals surface area contributed by atoms with Gasteiger partial charge >= 0.3 is 0 Å². The van der Waals surface area contributed by atoms with Crippen molar-refractivity contribution in [1.82, 2.24) is 4.98 Å². The SMILES string of the molecule is Cc1nc([C@H](C)N)oc1N. The lowest BCUT2D eigenvalue weighted by molar-refractivity contribution is 0.477. The smallest absolute Gasteiger partial charge is 0.214 e. The van der Waals surface area contributed by atoms with Crippen LogP contribution in [0.5, 0.6) is 0 Å². The number of hydrogen-bond acceptors (Lipinski definition) is 4. The first kappa shape index (κ1) is 7.08. The second kappa shape index (κ2) is 2.30. The molecule has 0 aliphatic heterocycles. The van der Waals surface area contributed by atoms with Crippen LogP contribution in [-0.2, 0) is 0 Å². The van der Waals surface area contributed by atoms with E-state index in [-0.39, 0.29) is 6.04 Å². The highest BCUT2D eigenvalue weighted by molar-refractivity contribution is 5.29. The molecule has 0 aromatic carbocycles. The van der Waals surface area contributed by atoms with Crippen molar-refractivity contribution >= 4 is 5.88 Å². The molecule has 1 aromatic heterocycles. The molecule has 0 amide bonds. The Hall–Kier alpha value is -1.03. The van der Waals surface area contributed by atoms with Gasteiger partial charge < -0.3 is 15.9 Å². The van der Waals surface area contributed by atoms with Crippen molar-refractivity contribution in [3.8, 4) is 0 Å². The number of aryl methyl sites for hydroxylation is 1. The maximum absolute atomic E-state index is 5.48. The summed E-state index contributed by atoms with van der Waals surface area (Å²) in [7, 11) is 0. The molecule has 10 heavy (non-hydrogen) atoms. The van der Waals surface area contributed by atoms with Crippen molar-refractivity contribution in [2.45, 2.75) is 19.9 Å². The highest BCUT2D eigenvalue weighted by Crippen LogP contribution is 2.15. The number of anilines is 1. The first-order chi connectivity index (χ1) is 4.61. The molecule has 0 spiro atoms. The quantitative estimate of drug-likeness (QED) is 0.599. The fraction of sp³-hybridized carbons (Fsp3) is 0.500. The summed E-state index contributed by atoms with van der Waals surface area (Å²) in [5, 5.41) is 0. The maximum atomic E-state index is 5.48. The number of hydrogen-bond donors (Lipinski definition) is 2. The summed E-state index contributed by atoms with van der Waals surface area (Å²) < 4.78 is 5.02. The Balaban J connectivity index is 2.98. The zero-order chi connectivity index (χ0) is 7.72. The van der Waals surface area contributed by atoms with Gasteiger partial charge in [0.2, 0.25) is 11.8 Å². The van der Waals surface area contributed by atoms with Gasteiger partial charge in [0.25, 0.3) is 0 Å². The van der Waals surface area contributed by atoms with Crippen molar-refractivity contribution < 1.29 is 4.42 Å². The van der Waals surface area contributed by atoms with Gasteiger partial charge in [-0.1, -0.05) is 0 Å². The zero-order valence-electron chi connectivity index (χ0n) is 6.09. The molecule has 0 saturated carbocycles. The standard InChI is InChI=1S/C6H11N3O/c1-3(7)6-9-4(2)5(8)10-6/h3H,7-8H2,1-2H3/t3-/m0/s1. The van der Waals surface area contributed by atoms with Crippen LogP contribution in [-0.4, -0.2) is 4.98 Å². The molecule has 0 radical (unpaired) electrons. The first-order valence-electron chi connectivity index (χ1n) is 3.09. The van der Waals surface area contributed by atoms with Crippen LogP contribution in [0.4, 0.5) is 5.88 Å². The van der Waals surface area contributed by atoms with Crippen LogP contribution in [0.3, 0.4) is 0 Å². The topological polar surface area (TPSA) is 78.1 Å². The Labute approximate surface area is 59.2 Å². The van der Waals surface area contributed by atoms with E-state index in [4.69, 9.17) is 15.9 Å². The molecule has 1 atom stereocenters. The predicted molar refractivity (Wildman–Crippen MR) is 38.3 cm³/mol. The van der Waals surface area contributed by atoms with Gasteiger partial charge in [0.05, 0.1) is 6.04 Å². The van der Waals surface area contributed by atoms with Gasteiger partial charge in [0, 0.05) is 0 Å². The number of nitrogens with zero attached hydrogens (tertiary/aromatic N) is 1. The zero-order valence-corrected chi connectivity index (χ0v) is 6.09. The highest BCUT2D eigenvalue weighted by atomic mass is 16.4. The van der Waals surface area contributed by atoms with Crippen LogP contribution >= 0.6 is 0 Å². The highest BCUT2D eigenvalue weighted by Gasteiger charge is 2.08. The van der Waals surface area contributed by atoms with E-state index in [0.717, 1.165) is 0 Å². The minimum Gasteiger partial charge on any atom is -0.424 e. The fourth-order valence-corrected chi connectivity index (χ4v) is 0.624. The van der Waals surface area contributed by atoms with E-state index in [1.807, 2.05) is 0 Å². The first-order valence-corrected chi connectivity index (χ1v) is 3.09. The molecule has 4 N–H and O–H groups in total. The van der Waals surface area contributed by atoms with E-state index in [9.17, 15) is 0 Å². The molecular weight excluding hydrogens is 130 g/mol. The molecule has 0 aliphatic rings. The molecule has 4 heteroatoms. The summed E-state index contributed by atoms with van der Waals surface area (Å²) in [6.07, 6.45) is 0. The monoisotopic (exact) mass is 141 g/mol. The van der Waals surface area contributed by atoms with Gasteiger partial charge in [0.15, 0.2) is 0 Å². The fourth-order valence-electron chi connectivity index (χ4n) is 0.624. The van der Waals surface area contributed by atoms with Crippen molar-refractivity contribution in [3.05, 3.63) is 11.6 Å². The number of oxazole rings is 1. The number of aromatic nitrogens is 1. The van der Waals surface area contributed by atoms with Gasteiger partial charge in [-0.25, -0.2) is 4.98 Å². The lowest BCUT2D eigenvalue weighted by Crippen LogP contribution is -2.04. The molecule has 0 aliphatic carbocycles. The number of nitrogens with two attached hydrogens (primary N) is 2. The molecule has 1 heterocycles. The third-order valence-electron chi connectivity index (χ3n) is 1.24. The molecular formula is C6H11N3O. The van der Waals surface area contributed by atoms with E-state index in [1.165, 1.54) is 0 Å². The van der Waals surface area contributed by atoms with Crippen LogP contribution in [0.25, 0.3) is 0 Å². The Morgan fingerprint density at radius 2 is 2.20 bits per heavy atom. The lowest BCUT2D eigenvalue weighted by atomic mass is 10.4. The molecule has 1 aromatic rings. The van der Waals surface area contributed by atoms with E-state index < -0.39 is 0 Å². The van der Waals surface area contributed by atoms with E-state index in [0.29, 0.717) is 17.5 Å². The molecule has 4 nitrogen and oxygen atoms in total. The molecule has 0 saturated heterocycles. The number of rotatable bonds is 1. The average molecular weight is 141 g/mol. The van der Waals surface area contributed by atoms with Crippen molar-refractivity contribution in [3.63, 3.8) is 0 Å². The van der Waals surface area contributed by atoms with E-state index >= 15 is 0 Å². The van der Waals surface area contributed by atoms with Gasteiger partial charge in [0.1, 0.15) is 5.69 Å². The number of nitrogen functional groups attached to an aromatic ring is 1. The second-order valence-electron chi connectivity index (χ2n) is 2.29. The van der Waals surface area contributed by atoms with Crippen LogP contribution in [0.2, 0.25) is 0 Å². The summed E-state index contributed by atoms with van der Waals surface area (Å²) in [6.45, 7) is 3.58. The molecule has 0 bridgehead atoms. The summed E-state index contributed by atoms with van der Waals surface area (Å²) in [5.41, 5.74) is 11.6. The Morgan fingerprint density at radius 3 is 2.40 bits per heavy atom. The third-order valence-corrected chi connectivity index (χ3v) is 1.24. The van der Waals surface area contributed by atoms with Crippen LogP contribution in [0.1, 0.15) is 24.6 Å². The van der Waals surface area contributed by atoms with Crippen molar-refractivity contribution in [1.29, 1.82) is 0 Å². The minimum atomic E-state index is -0.184. The van der Waals surface area contributed by atoms with E-state index in [1.54, 1.807) is 13.8 Å².